The van der Waals surface area contributed by atoms with Crippen LogP contribution in [0.2, 0.25) is 0 Å². The second-order valence-corrected chi connectivity index (χ2v) is 7.89. The lowest BCUT2D eigenvalue weighted by atomic mass is 10.1. The summed E-state index contributed by atoms with van der Waals surface area (Å²) in [6.45, 7) is 1.84. The average Bonchev–Trinajstić information content (AvgIpc) is 3.28. The van der Waals surface area contributed by atoms with Crippen molar-refractivity contribution in [2.45, 2.75) is 26.3 Å². The number of carbonyl (C=O) groups is 1. The van der Waals surface area contributed by atoms with Crippen molar-refractivity contribution in [3.8, 4) is 16.3 Å². The van der Waals surface area contributed by atoms with Gasteiger partial charge in [0.05, 0.1) is 27.8 Å². The first-order valence-electron chi connectivity index (χ1n) is 9.15. The monoisotopic (exact) mass is 447 g/mol. The van der Waals surface area contributed by atoms with Gasteiger partial charge in [-0.05, 0) is 37.3 Å². The number of hydrogen-bond acceptors (Lipinski definition) is 5. The second kappa shape index (κ2) is 8.03. The Morgan fingerprint density at radius 2 is 1.94 bits per heavy atom. The summed E-state index contributed by atoms with van der Waals surface area (Å²) in [5.74, 6) is -0.388. The zero-order valence-corrected chi connectivity index (χ0v) is 17.0. The van der Waals surface area contributed by atoms with Crippen LogP contribution in [0.15, 0.2) is 48.7 Å². The minimum absolute atomic E-state index is 0.226. The van der Waals surface area contributed by atoms with Crippen molar-refractivity contribution in [3.05, 3.63) is 64.8 Å². The molecule has 0 aliphatic rings. The highest BCUT2D eigenvalue weighted by molar-refractivity contribution is 7.15. The van der Waals surface area contributed by atoms with E-state index in [0.29, 0.717) is 21.8 Å². The second-order valence-electron chi connectivity index (χ2n) is 6.81. The number of hydrogen-bond donors (Lipinski definition) is 1. The van der Waals surface area contributed by atoms with Crippen LogP contribution in [0.3, 0.4) is 0 Å². The van der Waals surface area contributed by atoms with Crippen molar-refractivity contribution < 1.29 is 27.8 Å². The molecular formula is C21H16F3N3O3S. The number of carboxylic acid groups (broad SMARTS) is 1. The van der Waals surface area contributed by atoms with Gasteiger partial charge in [-0.15, -0.1) is 11.3 Å². The minimum Gasteiger partial charge on any atom is -0.488 e. The van der Waals surface area contributed by atoms with Gasteiger partial charge in [0.15, 0.2) is 0 Å². The summed E-state index contributed by atoms with van der Waals surface area (Å²) in [6.07, 6.45) is -2.80. The number of fused-ring (bicyclic) bond motifs is 1. The fourth-order valence-corrected chi connectivity index (χ4v) is 4.03. The molecule has 10 heteroatoms. The van der Waals surface area contributed by atoms with Crippen LogP contribution in [0, 0.1) is 6.92 Å². The predicted molar refractivity (Wildman–Crippen MR) is 109 cm³/mol. The van der Waals surface area contributed by atoms with E-state index in [2.05, 4.69) is 10.1 Å². The van der Waals surface area contributed by atoms with E-state index < -0.39 is 17.7 Å². The third-order valence-electron chi connectivity index (χ3n) is 4.62. The molecule has 2 heterocycles. The number of nitrogens with zero attached hydrogens (tertiary/aromatic N) is 3. The first-order chi connectivity index (χ1) is 14.7. The van der Waals surface area contributed by atoms with Crippen molar-refractivity contribution in [2.24, 2.45) is 0 Å². The third kappa shape index (κ3) is 4.53. The van der Waals surface area contributed by atoms with Gasteiger partial charge in [-0.25, -0.2) is 4.98 Å². The Balaban J connectivity index is 1.48. The highest BCUT2D eigenvalue weighted by atomic mass is 32.1. The van der Waals surface area contributed by atoms with E-state index in [0.717, 1.165) is 28.1 Å². The summed E-state index contributed by atoms with van der Waals surface area (Å²) in [4.78, 5) is 16.2. The molecule has 0 radical (unpaired) electrons. The molecule has 31 heavy (non-hydrogen) atoms. The Hall–Kier alpha value is -3.40. The zero-order valence-electron chi connectivity index (χ0n) is 16.2. The van der Waals surface area contributed by atoms with Crippen LogP contribution >= 0.6 is 11.3 Å². The summed E-state index contributed by atoms with van der Waals surface area (Å²) in [6, 6.07) is 10.2. The minimum atomic E-state index is -4.37. The van der Waals surface area contributed by atoms with Gasteiger partial charge < -0.3 is 9.84 Å². The van der Waals surface area contributed by atoms with E-state index in [9.17, 15) is 18.0 Å². The van der Waals surface area contributed by atoms with Gasteiger partial charge in [-0.3, -0.25) is 9.48 Å². The van der Waals surface area contributed by atoms with Crippen LogP contribution in [0.4, 0.5) is 13.2 Å². The molecule has 160 valence electrons. The molecule has 6 nitrogen and oxygen atoms in total. The van der Waals surface area contributed by atoms with E-state index in [-0.39, 0.29) is 13.2 Å². The molecule has 4 rings (SSSR count). The number of aryl methyl sites for hydroxylation is 1. The standard InChI is InChI=1S/C21H16F3N3O3S/c1-12-18(31-20(26-12)13-2-4-15(5-3-13)21(22,23)24)11-30-16-6-7-17-14(8-16)9-25-27(17)10-19(28)29/h2-9H,10-11H2,1H3,(H,28,29). The van der Waals surface area contributed by atoms with Crippen LogP contribution in [-0.2, 0) is 24.1 Å². The number of thiazole rings is 1. The van der Waals surface area contributed by atoms with Crippen molar-refractivity contribution in [2.75, 3.05) is 0 Å². The molecule has 0 aliphatic heterocycles. The van der Waals surface area contributed by atoms with Gasteiger partial charge in [0.2, 0.25) is 0 Å². The molecule has 0 atom stereocenters. The maximum Gasteiger partial charge on any atom is 0.416 e. The fraction of sp³-hybridized carbons (Fsp3) is 0.190. The van der Waals surface area contributed by atoms with Crippen LogP contribution < -0.4 is 4.74 Å². The van der Waals surface area contributed by atoms with Crippen LogP contribution in [-0.4, -0.2) is 25.8 Å². The van der Waals surface area contributed by atoms with E-state index >= 15 is 0 Å². The maximum atomic E-state index is 12.7. The number of benzene rings is 2. The predicted octanol–water partition coefficient (Wildman–Crippen LogP) is 5.15. The number of halogens is 3. The fourth-order valence-electron chi connectivity index (χ4n) is 3.05. The molecule has 0 unspecified atom stereocenters. The number of carboxylic acids is 1. The number of rotatable bonds is 6. The molecule has 4 aromatic rings. The lowest BCUT2D eigenvalue weighted by Gasteiger charge is -2.06. The van der Waals surface area contributed by atoms with Crippen LogP contribution in [0.5, 0.6) is 5.75 Å². The van der Waals surface area contributed by atoms with Crippen molar-refractivity contribution in [3.63, 3.8) is 0 Å². The molecule has 0 amide bonds. The van der Waals surface area contributed by atoms with Crippen molar-refractivity contribution in [1.82, 2.24) is 14.8 Å². The van der Waals surface area contributed by atoms with Crippen LogP contribution in [0.25, 0.3) is 21.5 Å². The number of ether oxygens (including phenoxy) is 1. The van der Waals surface area contributed by atoms with Gasteiger partial charge in [-0.2, -0.15) is 18.3 Å². The molecule has 0 saturated heterocycles. The number of aliphatic carboxylic acids is 1. The zero-order chi connectivity index (χ0) is 22.2. The highest BCUT2D eigenvalue weighted by Crippen LogP contribution is 2.33. The van der Waals surface area contributed by atoms with E-state index in [1.165, 1.54) is 28.2 Å². The van der Waals surface area contributed by atoms with E-state index in [1.54, 1.807) is 24.4 Å². The topological polar surface area (TPSA) is 77.2 Å². The Morgan fingerprint density at radius 3 is 2.61 bits per heavy atom. The molecule has 0 saturated carbocycles. The number of alkyl halides is 3. The number of aromatic nitrogens is 3. The molecule has 0 aliphatic carbocycles. The Bertz CT molecular complexity index is 1250. The van der Waals surface area contributed by atoms with Crippen LogP contribution in [0.1, 0.15) is 16.1 Å². The lowest BCUT2D eigenvalue weighted by Crippen LogP contribution is -2.09. The van der Waals surface area contributed by atoms with Gasteiger partial charge in [0.1, 0.15) is 23.9 Å². The molecule has 0 bridgehead atoms. The quantitative estimate of drug-likeness (QED) is 0.442. The summed E-state index contributed by atoms with van der Waals surface area (Å²) in [7, 11) is 0. The van der Waals surface area contributed by atoms with Gasteiger partial charge >= 0.3 is 12.1 Å². The summed E-state index contributed by atoms with van der Waals surface area (Å²) in [5, 5.41) is 14.4. The van der Waals surface area contributed by atoms with Gasteiger partial charge in [-0.1, -0.05) is 12.1 Å². The molecule has 2 aromatic carbocycles. The molecular weight excluding hydrogens is 431 g/mol. The molecule has 1 N–H and O–H groups in total. The summed E-state index contributed by atoms with van der Waals surface area (Å²) < 4.78 is 45.5. The van der Waals surface area contributed by atoms with E-state index in [4.69, 9.17) is 9.84 Å². The Labute approximate surface area is 178 Å². The smallest absolute Gasteiger partial charge is 0.416 e. The normalized spacial score (nSPS) is 11.7. The first kappa shape index (κ1) is 20.9. The average molecular weight is 447 g/mol. The first-order valence-corrected chi connectivity index (χ1v) is 9.96. The molecule has 0 fully saturated rings. The molecule has 2 aromatic heterocycles. The Kier molecular flexibility index (Phi) is 5.40. The third-order valence-corrected chi connectivity index (χ3v) is 5.80. The van der Waals surface area contributed by atoms with Crippen molar-refractivity contribution in [1.29, 1.82) is 0 Å². The van der Waals surface area contributed by atoms with E-state index in [1.807, 2.05) is 6.92 Å². The maximum absolute atomic E-state index is 12.7. The SMILES string of the molecule is Cc1nc(-c2ccc(C(F)(F)F)cc2)sc1COc1ccc2c(cnn2CC(=O)O)c1. The lowest BCUT2D eigenvalue weighted by molar-refractivity contribution is -0.138. The van der Waals surface area contributed by atoms with Gasteiger partial charge in [0, 0.05) is 10.9 Å². The van der Waals surface area contributed by atoms with Gasteiger partial charge in [0.25, 0.3) is 0 Å². The molecule has 0 spiro atoms. The largest absolute Gasteiger partial charge is 0.488 e. The highest BCUT2D eigenvalue weighted by Gasteiger charge is 2.30. The Morgan fingerprint density at radius 1 is 1.19 bits per heavy atom. The summed E-state index contributed by atoms with van der Waals surface area (Å²) in [5.41, 5.74) is 1.35. The van der Waals surface area contributed by atoms with Crippen molar-refractivity contribution >= 4 is 28.2 Å². The summed E-state index contributed by atoms with van der Waals surface area (Å²) >= 11 is 1.36.